The van der Waals surface area contributed by atoms with Crippen LogP contribution in [0.1, 0.15) is 43.9 Å². The zero-order valence-corrected chi connectivity index (χ0v) is 29.0. The third kappa shape index (κ3) is 10.7. The number of benzene rings is 3. The highest BCUT2D eigenvalue weighted by Gasteiger charge is 2.33. The Morgan fingerprint density at radius 1 is 1.09 bits per heavy atom. The molecule has 0 bridgehead atoms. The maximum atomic E-state index is 14.0. The third-order valence-electron chi connectivity index (χ3n) is 7.68. The number of fused-ring (bicyclic) bond motifs is 1. The first-order chi connectivity index (χ1) is 22.5. The predicted molar refractivity (Wildman–Crippen MR) is 188 cm³/mol. The van der Waals surface area contributed by atoms with Crippen molar-refractivity contribution in [2.45, 2.75) is 73.6 Å². The maximum absolute atomic E-state index is 14.0. The molecule has 6 N–H and O–H groups in total. The summed E-state index contributed by atoms with van der Waals surface area (Å²) in [6.45, 7) is 7.02. The van der Waals surface area contributed by atoms with Crippen LogP contribution < -0.4 is 21.3 Å². The molecule has 12 heteroatoms. The molecule has 0 radical (unpaired) electrons. The molecule has 1 aliphatic heterocycles. The van der Waals surface area contributed by atoms with Crippen LogP contribution in [-0.2, 0) is 29.2 Å². The summed E-state index contributed by atoms with van der Waals surface area (Å²) in [5.41, 5.74) is 4.32. The number of rotatable bonds is 14. The van der Waals surface area contributed by atoms with Crippen molar-refractivity contribution in [3.05, 3.63) is 83.4 Å². The van der Waals surface area contributed by atoms with E-state index in [4.69, 9.17) is 5.11 Å². The molecular formula is C35H45N5O5S2. The first kappa shape index (κ1) is 36.3. The van der Waals surface area contributed by atoms with Crippen LogP contribution in [0.4, 0.5) is 4.79 Å². The standard InChI is InChI=1S/C35H45N5O5S2/c1-23(42)19-38-35(2,3)18-31(43)39-32-33(44)40(22-27-13-14-28(46-4)17-30(27)47-32)21-24-9-11-25(12-10-24)29-8-6-5-7-26(29)20-37-34(45)36-15-16-41/h5-14,17,23,32,38,41-42H,15-16,18-22H2,1-4H3,(H,39,43)(H2,36,37,45)/t23-,32-/m1/s1. The molecule has 0 spiro atoms. The number of carbonyl (C=O) groups is 3. The van der Waals surface area contributed by atoms with E-state index in [9.17, 15) is 19.5 Å². The lowest BCUT2D eigenvalue weighted by Gasteiger charge is -2.28. The molecule has 47 heavy (non-hydrogen) atoms. The summed E-state index contributed by atoms with van der Waals surface area (Å²) in [4.78, 5) is 43.1. The average Bonchev–Trinajstić information content (AvgIpc) is 3.17. The summed E-state index contributed by atoms with van der Waals surface area (Å²) in [5, 5.41) is 29.4. The van der Waals surface area contributed by atoms with Gasteiger partial charge in [0.1, 0.15) is 0 Å². The van der Waals surface area contributed by atoms with Crippen molar-refractivity contribution in [2.75, 3.05) is 26.0 Å². The van der Waals surface area contributed by atoms with E-state index in [0.717, 1.165) is 37.6 Å². The smallest absolute Gasteiger partial charge is 0.315 e. The number of hydrogen-bond donors (Lipinski definition) is 6. The number of aliphatic hydroxyl groups excluding tert-OH is 2. The Bertz CT molecular complexity index is 1530. The van der Waals surface area contributed by atoms with Gasteiger partial charge < -0.3 is 36.4 Å². The lowest BCUT2D eigenvalue weighted by atomic mass is 9.98. The SMILES string of the molecule is CSc1ccc2c(c1)S[C@@H](NC(=O)CC(C)(C)NC[C@@H](C)O)C(=O)N(Cc1ccc(-c3ccccc3CNC(=O)NCCO)cc1)C2. The van der Waals surface area contributed by atoms with Crippen LogP contribution >= 0.6 is 23.5 Å². The molecule has 1 heterocycles. The first-order valence-electron chi connectivity index (χ1n) is 15.6. The third-order valence-corrected chi connectivity index (χ3v) is 9.59. The molecule has 0 aromatic heterocycles. The number of urea groups is 1. The van der Waals surface area contributed by atoms with Crippen LogP contribution in [-0.4, -0.2) is 75.9 Å². The molecule has 2 atom stereocenters. The van der Waals surface area contributed by atoms with E-state index >= 15 is 0 Å². The van der Waals surface area contributed by atoms with E-state index in [-0.39, 0.29) is 37.4 Å². The van der Waals surface area contributed by atoms with Crippen molar-refractivity contribution in [2.24, 2.45) is 0 Å². The zero-order chi connectivity index (χ0) is 34.0. The number of carbonyl (C=O) groups excluding carboxylic acids is 3. The molecule has 10 nitrogen and oxygen atoms in total. The fourth-order valence-corrected chi connectivity index (χ4v) is 6.90. The maximum Gasteiger partial charge on any atom is 0.315 e. The molecule has 0 unspecified atom stereocenters. The minimum Gasteiger partial charge on any atom is -0.395 e. The van der Waals surface area contributed by atoms with Crippen molar-refractivity contribution >= 4 is 41.4 Å². The molecular weight excluding hydrogens is 635 g/mol. The van der Waals surface area contributed by atoms with Crippen molar-refractivity contribution in [3.63, 3.8) is 0 Å². The Morgan fingerprint density at radius 2 is 1.83 bits per heavy atom. The van der Waals surface area contributed by atoms with Gasteiger partial charge in [0.25, 0.3) is 5.91 Å². The van der Waals surface area contributed by atoms with Crippen molar-refractivity contribution in [3.8, 4) is 11.1 Å². The number of thioether (sulfide) groups is 2. The Labute approximate surface area is 285 Å². The fourth-order valence-electron chi connectivity index (χ4n) is 5.21. The summed E-state index contributed by atoms with van der Waals surface area (Å²) < 4.78 is 0. The lowest BCUT2D eigenvalue weighted by molar-refractivity contribution is -0.135. The highest BCUT2D eigenvalue weighted by atomic mass is 32.2. The van der Waals surface area contributed by atoms with Gasteiger partial charge in [0.15, 0.2) is 5.37 Å². The number of amides is 4. The summed E-state index contributed by atoms with van der Waals surface area (Å²) in [7, 11) is 0. The van der Waals surface area contributed by atoms with Crippen LogP contribution in [0, 0.1) is 0 Å². The minimum atomic E-state index is -0.790. The number of nitrogens with zero attached hydrogens (tertiary/aromatic N) is 1. The van der Waals surface area contributed by atoms with Gasteiger partial charge in [-0.25, -0.2) is 4.79 Å². The van der Waals surface area contributed by atoms with Crippen LogP contribution in [0.2, 0.25) is 0 Å². The van der Waals surface area contributed by atoms with Crippen molar-refractivity contribution in [1.29, 1.82) is 0 Å². The molecule has 0 saturated carbocycles. The van der Waals surface area contributed by atoms with E-state index in [0.29, 0.717) is 26.2 Å². The Balaban J connectivity index is 1.51. The van der Waals surface area contributed by atoms with Gasteiger partial charge in [-0.05, 0) is 67.0 Å². The van der Waals surface area contributed by atoms with E-state index in [1.807, 2.05) is 68.6 Å². The fraction of sp³-hybridized carbons (Fsp3) is 0.400. The molecule has 4 rings (SSSR count). The van der Waals surface area contributed by atoms with E-state index in [1.54, 1.807) is 23.6 Å². The Kier molecular flexibility index (Phi) is 13.1. The van der Waals surface area contributed by atoms with Crippen LogP contribution in [0.15, 0.2) is 76.5 Å². The van der Waals surface area contributed by atoms with Gasteiger partial charge in [-0.3, -0.25) is 9.59 Å². The summed E-state index contributed by atoms with van der Waals surface area (Å²) >= 11 is 3.00. The quantitative estimate of drug-likeness (QED) is 0.140. The normalized spacial score (nSPS) is 15.4. The second-order valence-corrected chi connectivity index (χ2v) is 14.2. The molecule has 0 saturated heterocycles. The van der Waals surface area contributed by atoms with Gasteiger partial charge in [-0.2, -0.15) is 0 Å². The van der Waals surface area contributed by atoms with E-state index in [2.05, 4.69) is 39.5 Å². The highest BCUT2D eigenvalue weighted by molar-refractivity contribution is 8.01. The number of β-amino-alcohol motifs (C(OH)–C–C–N with tert-alkyl or cyclic N) is 1. The first-order valence-corrected chi connectivity index (χ1v) is 17.7. The second kappa shape index (κ2) is 17.0. The van der Waals surface area contributed by atoms with E-state index < -0.39 is 17.0 Å². The molecule has 0 fully saturated rings. The van der Waals surface area contributed by atoms with E-state index in [1.165, 1.54) is 11.8 Å². The molecule has 3 aromatic rings. The zero-order valence-electron chi connectivity index (χ0n) is 27.3. The lowest BCUT2D eigenvalue weighted by Crippen LogP contribution is -2.50. The van der Waals surface area contributed by atoms with Gasteiger partial charge in [-0.15, -0.1) is 11.8 Å². The monoisotopic (exact) mass is 679 g/mol. The van der Waals surface area contributed by atoms with Gasteiger partial charge in [-0.1, -0.05) is 66.4 Å². The Morgan fingerprint density at radius 3 is 2.53 bits per heavy atom. The Hall–Kier alpha value is -3.55. The summed E-state index contributed by atoms with van der Waals surface area (Å²) in [5.74, 6) is -0.410. The summed E-state index contributed by atoms with van der Waals surface area (Å²) in [6, 6.07) is 21.7. The highest BCUT2D eigenvalue weighted by Crippen LogP contribution is 2.35. The topological polar surface area (TPSA) is 143 Å². The molecule has 3 aromatic carbocycles. The van der Waals surface area contributed by atoms with Crippen molar-refractivity contribution in [1.82, 2.24) is 26.2 Å². The van der Waals surface area contributed by atoms with Crippen LogP contribution in [0.25, 0.3) is 11.1 Å². The van der Waals surface area contributed by atoms with Gasteiger partial charge in [0.2, 0.25) is 5.91 Å². The van der Waals surface area contributed by atoms with Gasteiger partial charge >= 0.3 is 6.03 Å². The summed E-state index contributed by atoms with van der Waals surface area (Å²) in [6.07, 6.45) is 1.62. The molecule has 4 amide bonds. The molecule has 252 valence electrons. The van der Waals surface area contributed by atoms with Crippen molar-refractivity contribution < 1.29 is 24.6 Å². The predicted octanol–water partition coefficient (Wildman–Crippen LogP) is 4.08. The molecule has 0 aliphatic carbocycles. The largest absolute Gasteiger partial charge is 0.395 e. The number of nitrogens with one attached hydrogen (secondary N) is 4. The minimum absolute atomic E-state index is 0.124. The van der Waals surface area contributed by atoms with Gasteiger partial charge in [0, 0.05) is 54.5 Å². The van der Waals surface area contributed by atoms with Crippen LogP contribution in [0.3, 0.4) is 0 Å². The molecule has 1 aliphatic rings. The average molecular weight is 680 g/mol. The number of hydrogen-bond acceptors (Lipinski definition) is 8. The van der Waals surface area contributed by atoms with Crippen LogP contribution in [0.5, 0.6) is 0 Å². The second-order valence-electron chi connectivity index (χ2n) is 12.2. The number of aliphatic hydroxyl groups is 2. The van der Waals surface area contributed by atoms with Gasteiger partial charge in [0.05, 0.1) is 12.7 Å².